The first-order valence-electron chi connectivity index (χ1n) is 16.6. The Balaban J connectivity index is 1.49. The van der Waals surface area contributed by atoms with Gasteiger partial charge in [0.15, 0.2) is 0 Å². The minimum absolute atomic E-state index is 0.131. The fourth-order valence-corrected chi connectivity index (χ4v) is 14.8. The number of ether oxygens (including phenoxy) is 3. The van der Waals surface area contributed by atoms with E-state index in [1.807, 2.05) is 32.9 Å². The van der Waals surface area contributed by atoms with Crippen LogP contribution in [-0.2, 0) is 4.74 Å². The lowest BCUT2D eigenvalue weighted by Crippen LogP contribution is -2.42. The maximum absolute atomic E-state index is 13.9. The predicted molar refractivity (Wildman–Crippen MR) is 183 cm³/mol. The molecule has 5 nitrogen and oxygen atoms in total. The summed E-state index contributed by atoms with van der Waals surface area (Å²) in [4.78, 5) is 16.1. The standard InChI is InChI=1S/C36H53NO4P2/c1-36(2,3)41-35(38)37-25-34(43(30-16-8-6-9-17-30)31-18-10-7-11-19-31)22-27(37)26-42(32-20-12-14-28(23-32)39-4)33-21-13-15-29(24-33)40-5/h12-15,20-21,23-24,27,30-31,34H,6-11,16-19,22,25-26H2,1-5H3/t27-,34-/m0/s1. The van der Waals surface area contributed by atoms with Crippen LogP contribution in [0.5, 0.6) is 11.5 Å². The Kier molecular flexibility index (Phi) is 11.3. The van der Waals surface area contributed by atoms with Crippen molar-refractivity contribution in [3.63, 3.8) is 0 Å². The zero-order valence-electron chi connectivity index (χ0n) is 27.1. The van der Waals surface area contributed by atoms with Crippen molar-refractivity contribution in [2.45, 2.75) is 120 Å². The largest absolute Gasteiger partial charge is 0.497 e. The average Bonchev–Trinajstić information content (AvgIpc) is 3.43. The maximum Gasteiger partial charge on any atom is 0.410 e. The quantitative estimate of drug-likeness (QED) is 0.262. The molecule has 0 unspecified atom stereocenters. The summed E-state index contributed by atoms with van der Waals surface area (Å²) in [5, 5.41) is 2.55. The van der Waals surface area contributed by atoms with Crippen molar-refractivity contribution < 1.29 is 19.0 Å². The summed E-state index contributed by atoms with van der Waals surface area (Å²) in [7, 11) is 2.57. The van der Waals surface area contributed by atoms with Gasteiger partial charge in [0.05, 0.1) is 14.2 Å². The molecule has 2 atom stereocenters. The van der Waals surface area contributed by atoms with Gasteiger partial charge in [-0.1, -0.05) is 70.7 Å². The molecule has 2 saturated carbocycles. The van der Waals surface area contributed by atoms with Crippen LogP contribution in [0.1, 0.15) is 91.4 Å². The predicted octanol–water partition coefficient (Wildman–Crippen LogP) is 8.66. The first-order chi connectivity index (χ1) is 20.8. The number of rotatable bonds is 9. The Morgan fingerprint density at radius 2 is 1.30 bits per heavy atom. The highest BCUT2D eigenvalue weighted by Gasteiger charge is 2.45. The van der Waals surface area contributed by atoms with Gasteiger partial charge < -0.3 is 19.1 Å². The number of amides is 1. The summed E-state index contributed by atoms with van der Waals surface area (Å²) in [6.07, 6.45) is 15.8. The minimum atomic E-state index is -0.760. The lowest BCUT2D eigenvalue weighted by molar-refractivity contribution is 0.0242. The lowest BCUT2D eigenvalue weighted by Gasteiger charge is -2.42. The van der Waals surface area contributed by atoms with Gasteiger partial charge in [-0.15, -0.1) is 0 Å². The Bertz CT molecular complexity index is 1120. The van der Waals surface area contributed by atoms with Crippen molar-refractivity contribution in [1.29, 1.82) is 0 Å². The van der Waals surface area contributed by atoms with Crippen LogP contribution in [0.2, 0.25) is 0 Å². The highest BCUT2D eigenvalue weighted by Crippen LogP contribution is 2.61. The first-order valence-corrected chi connectivity index (χ1v) is 19.7. The van der Waals surface area contributed by atoms with Crippen molar-refractivity contribution in [3.8, 4) is 11.5 Å². The molecule has 0 spiro atoms. The summed E-state index contributed by atoms with van der Waals surface area (Å²) >= 11 is 0. The van der Waals surface area contributed by atoms with E-state index in [0.717, 1.165) is 41.9 Å². The normalized spacial score (nSPS) is 22.3. The molecule has 5 rings (SSSR count). The Morgan fingerprint density at radius 1 is 0.791 bits per heavy atom. The number of carbonyl (C=O) groups excluding carboxylic acids is 1. The molecular formula is C36H53NO4P2. The van der Waals surface area contributed by atoms with Crippen LogP contribution in [0.25, 0.3) is 0 Å². The molecule has 2 aromatic rings. The van der Waals surface area contributed by atoms with Gasteiger partial charge >= 0.3 is 6.09 Å². The topological polar surface area (TPSA) is 48.0 Å². The molecule has 236 valence electrons. The number of benzene rings is 2. The Labute approximate surface area is 262 Å². The van der Waals surface area contributed by atoms with E-state index >= 15 is 0 Å². The van der Waals surface area contributed by atoms with Crippen molar-refractivity contribution in [3.05, 3.63) is 48.5 Å². The number of carbonyl (C=O) groups is 1. The van der Waals surface area contributed by atoms with Gasteiger partial charge in [0.2, 0.25) is 0 Å². The van der Waals surface area contributed by atoms with E-state index in [1.165, 1.54) is 74.8 Å². The first kappa shape index (κ1) is 32.6. The molecule has 2 aromatic carbocycles. The second-order valence-corrected chi connectivity index (χ2v) is 19.1. The fraction of sp³-hybridized carbons (Fsp3) is 0.639. The molecule has 1 heterocycles. The van der Waals surface area contributed by atoms with Crippen LogP contribution in [0.4, 0.5) is 4.79 Å². The van der Waals surface area contributed by atoms with Gasteiger partial charge in [0.25, 0.3) is 0 Å². The number of nitrogens with zero attached hydrogens (tertiary/aromatic N) is 1. The van der Waals surface area contributed by atoms with Gasteiger partial charge in [0, 0.05) is 12.6 Å². The second-order valence-electron chi connectivity index (χ2n) is 13.7. The van der Waals surface area contributed by atoms with Crippen molar-refractivity contribution in [1.82, 2.24) is 4.90 Å². The summed E-state index contributed by atoms with van der Waals surface area (Å²) < 4.78 is 17.4. The molecule has 0 bridgehead atoms. The molecule has 0 aromatic heterocycles. The third-order valence-corrected chi connectivity index (χ3v) is 16.1. The molecule has 7 heteroatoms. The number of hydrogen-bond donors (Lipinski definition) is 0. The van der Waals surface area contributed by atoms with Gasteiger partial charge in [-0.3, -0.25) is 0 Å². The Hall–Kier alpha value is -1.83. The summed E-state index contributed by atoms with van der Waals surface area (Å²) in [6.45, 7) is 6.83. The summed E-state index contributed by atoms with van der Waals surface area (Å²) in [5.41, 5.74) is 1.83. The summed E-state index contributed by atoms with van der Waals surface area (Å²) in [5.74, 6) is 1.75. The monoisotopic (exact) mass is 625 g/mol. The van der Waals surface area contributed by atoms with Crippen molar-refractivity contribution in [2.75, 3.05) is 26.9 Å². The van der Waals surface area contributed by atoms with E-state index in [-0.39, 0.29) is 20.1 Å². The summed E-state index contributed by atoms with van der Waals surface area (Å²) in [6, 6.07) is 17.2. The van der Waals surface area contributed by atoms with Crippen LogP contribution in [0, 0.1) is 0 Å². The third kappa shape index (κ3) is 8.46. The molecule has 1 amide bonds. The molecule has 3 aliphatic rings. The van der Waals surface area contributed by atoms with E-state index < -0.39 is 13.5 Å². The lowest BCUT2D eigenvalue weighted by atomic mass is 9.99. The van der Waals surface area contributed by atoms with Crippen LogP contribution >= 0.6 is 15.8 Å². The van der Waals surface area contributed by atoms with Crippen LogP contribution in [-0.4, -0.2) is 66.5 Å². The molecule has 0 radical (unpaired) electrons. The highest BCUT2D eigenvalue weighted by atomic mass is 31.1. The SMILES string of the molecule is COc1cccc(P(C[C@@H]2C[C@H](P(C3CCCCC3)C3CCCCC3)CN2C(=O)OC(C)(C)C)c2cccc(OC)c2)c1. The van der Waals surface area contributed by atoms with E-state index in [2.05, 4.69) is 41.3 Å². The Morgan fingerprint density at radius 3 is 1.77 bits per heavy atom. The van der Waals surface area contributed by atoms with Gasteiger partial charge in [0.1, 0.15) is 17.1 Å². The van der Waals surface area contributed by atoms with Gasteiger partial charge in [-0.25, -0.2) is 4.79 Å². The third-order valence-electron chi connectivity index (χ3n) is 9.56. The number of likely N-dealkylation sites (tertiary alicyclic amines) is 1. The van der Waals surface area contributed by atoms with Gasteiger partial charge in [-0.2, -0.15) is 0 Å². The van der Waals surface area contributed by atoms with Crippen LogP contribution < -0.4 is 20.1 Å². The van der Waals surface area contributed by atoms with Gasteiger partial charge in [-0.05, 0) is 119 Å². The smallest absolute Gasteiger partial charge is 0.410 e. The van der Waals surface area contributed by atoms with Crippen molar-refractivity contribution >= 4 is 32.5 Å². The zero-order valence-corrected chi connectivity index (χ0v) is 28.9. The average molecular weight is 626 g/mol. The van der Waals surface area contributed by atoms with E-state index in [1.54, 1.807) is 14.2 Å². The molecule has 0 N–H and O–H groups in total. The maximum atomic E-state index is 13.9. The van der Waals surface area contributed by atoms with Crippen molar-refractivity contribution in [2.24, 2.45) is 0 Å². The molecule has 43 heavy (non-hydrogen) atoms. The zero-order chi connectivity index (χ0) is 30.4. The van der Waals surface area contributed by atoms with E-state index in [4.69, 9.17) is 14.2 Å². The molecular weight excluding hydrogens is 572 g/mol. The highest BCUT2D eigenvalue weighted by molar-refractivity contribution is 7.73. The van der Waals surface area contributed by atoms with Crippen LogP contribution in [0.15, 0.2) is 48.5 Å². The van der Waals surface area contributed by atoms with Crippen LogP contribution in [0.3, 0.4) is 0 Å². The fourth-order valence-electron chi connectivity index (χ4n) is 7.61. The molecule has 1 saturated heterocycles. The van der Waals surface area contributed by atoms with E-state index in [0.29, 0.717) is 5.66 Å². The number of methoxy groups -OCH3 is 2. The second kappa shape index (κ2) is 15.0. The molecule has 2 aliphatic carbocycles. The minimum Gasteiger partial charge on any atom is -0.497 e. The molecule has 1 aliphatic heterocycles. The van der Waals surface area contributed by atoms with E-state index in [9.17, 15) is 4.79 Å². The molecule has 3 fully saturated rings. The number of hydrogen-bond acceptors (Lipinski definition) is 4.